The highest BCUT2D eigenvalue weighted by Gasteiger charge is 2.06. The molecule has 2 aromatic rings. The second-order valence-corrected chi connectivity index (χ2v) is 7.18. The molecule has 28 heavy (non-hydrogen) atoms. The van der Waals surface area contributed by atoms with Crippen molar-refractivity contribution in [3.05, 3.63) is 60.2 Å². The third-order valence-corrected chi connectivity index (χ3v) is 4.75. The van der Waals surface area contributed by atoms with Gasteiger partial charge in [-0.05, 0) is 75.1 Å². The number of hydrogen-bond donors (Lipinski definition) is 1. The largest absolute Gasteiger partial charge is 0.417 e. The van der Waals surface area contributed by atoms with Gasteiger partial charge in [-0.25, -0.2) is 4.79 Å². The maximum absolute atomic E-state index is 11.9. The van der Waals surface area contributed by atoms with Crippen molar-refractivity contribution in [2.75, 3.05) is 25.0 Å². The average Bonchev–Trinajstić information content (AvgIpc) is 2.71. The molecule has 2 aromatic carbocycles. The van der Waals surface area contributed by atoms with Crippen LogP contribution < -0.4 is 10.1 Å². The Morgan fingerprint density at radius 1 is 0.857 bits per heavy atom. The van der Waals surface area contributed by atoms with Crippen LogP contribution in [0, 0.1) is 0 Å². The van der Waals surface area contributed by atoms with Crippen LogP contribution in [0.5, 0.6) is 5.75 Å². The lowest BCUT2D eigenvalue weighted by atomic mass is 10.1. The van der Waals surface area contributed by atoms with E-state index >= 15 is 0 Å². The van der Waals surface area contributed by atoms with Crippen molar-refractivity contribution in [2.45, 2.75) is 52.4 Å². The van der Waals surface area contributed by atoms with Crippen molar-refractivity contribution in [3.63, 3.8) is 0 Å². The quantitative estimate of drug-likeness (QED) is 0.480. The summed E-state index contributed by atoms with van der Waals surface area (Å²) in [6.07, 6.45) is 6.79. The van der Waals surface area contributed by atoms with Gasteiger partial charge in [0.05, 0.1) is 0 Å². The molecule has 0 spiro atoms. The van der Waals surface area contributed by atoms with Crippen LogP contribution in [0.25, 0.3) is 0 Å². The highest BCUT2D eigenvalue weighted by atomic mass is 16.6. The SMILES string of the molecule is CCCCN(CCCC)CCCc1ccc(OC(=O)Nc2ccccc2)cc1. The van der Waals surface area contributed by atoms with E-state index in [1.54, 1.807) is 0 Å². The van der Waals surface area contributed by atoms with E-state index in [2.05, 4.69) is 24.1 Å². The molecule has 0 unspecified atom stereocenters. The number of unbranched alkanes of at least 4 members (excludes halogenated alkanes) is 2. The molecule has 0 saturated heterocycles. The minimum Gasteiger partial charge on any atom is -0.410 e. The minimum absolute atomic E-state index is 0.471. The molecule has 0 atom stereocenters. The van der Waals surface area contributed by atoms with Gasteiger partial charge in [0, 0.05) is 5.69 Å². The Hall–Kier alpha value is -2.33. The van der Waals surface area contributed by atoms with Crippen molar-refractivity contribution >= 4 is 11.8 Å². The topological polar surface area (TPSA) is 41.6 Å². The lowest BCUT2D eigenvalue weighted by Crippen LogP contribution is -2.27. The van der Waals surface area contributed by atoms with Gasteiger partial charge in [-0.15, -0.1) is 0 Å². The molecule has 0 aliphatic carbocycles. The molecule has 0 radical (unpaired) electrons. The summed E-state index contributed by atoms with van der Waals surface area (Å²) in [5, 5.41) is 2.72. The number of aryl methyl sites for hydroxylation is 1. The number of nitrogens with zero attached hydrogens (tertiary/aromatic N) is 1. The van der Waals surface area contributed by atoms with Gasteiger partial charge in [0.2, 0.25) is 0 Å². The van der Waals surface area contributed by atoms with Gasteiger partial charge < -0.3 is 9.64 Å². The first kappa shape index (κ1) is 22.0. The molecular formula is C24H34N2O2. The monoisotopic (exact) mass is 382 g/mol. The first-order valence-corrected chi connectivity index (χ1v) is 10.6. The molecule has 0 aliphatic rings. The number of amides is 1. The van der Waals surface area contributed by atoms with Crippen LogP contribution in [-0.4, -0.2) is 30.6 Å². The number of hydrogen-bond acceptors (Lipinski definition) is 3. The zero-order valence-electron chi connectivity index (χ0n) is 17.3. The maximum Gasteiger partial charge on any atom is 0.417 e. The fraction of sp³-hybridized carbons (Fsp3) is 0.458. The summed E-state index contributed by atoms with van der Waals surface area (Å²) in [6, 6.07) is 17.1. The van der Waals surface area contributed by atoms with E-state index < -0.39 is 6.09 Å². The summed E-state index contributed by atoms with van der Waals surface area (Å²) < 4.78 is 5.35. The number of ether oxygens (including phenoxy) is 1. The highest BCUT2D eigenvalue weighted by Crippen LogP contribution is 2.15. The zero-order chi connectivity index (χ0) is 20.0. The molecule has 0 aliphatic heterocycles. The van der Waals surface area contributed by atoms with Gasteiger partial charge in [-0.1, -0.05) is 57.0 Å². The van der Waals surface area contributed by atoms with Gasteiger partial charge in [0.1, 0.15) is 5.75 Å². The second kappa shape index (κ2) is 12.9. The Balaban J connectivity index is 1.74. The van der Waals surface area contributed by atoms with Crippen molar-refractivity contribution < 1.29 is 9.53 Å². The van der Waals surface area contributed by atoms with E-state index in [9.17, 15) is 4.79 Å². The van der Waals surface area contributed by atoms with E-state index in [0.29, 0.717) is 5.75 Å². The molecule has 0 heterocycles. The second-order valence-electron chi connectivity index (χ2n) is 7.18. The lowest BCUT2D eigenvalue weighted by Gasteiger charge is -2.21. The van der Waals surface area contributed by atoms with Crippen molar-refractivity contribution in [2.24, 2.45) is 0 Å². The number of para-hydroxylation sites is 1. The van der Waals surface area contributed by atoms with Gasteiger partial charge in [-0.3, -0.25) is 5.32 Å². The van der Waals surface area contributed by atoms with E-state index in [-0.39, 0.29) is 0 Å². The number of carbonyl (C=O) groups excluding carboxylic acids is 1. The van der Waals surface area contributed by atoms with Crippen LogP contribution >= 0.6 is 0 Å². The first-order valence-electron chi connectivity index (χ1n) is 10.6. The molecule has 1 N–H and O–H groups in total. The average molecular weight is 383 g/mol. The van der Waals surface area contributed by atoms with Crippen LogP contribution in [0.1, 0.15) is 51.5 Å². The van der Waals surface area contributed by atoms with Gasteiger partial charge in [-0.2, -0.15) is 0 Å². The predicted molar refractivity (Wildman–Crippen MR) is 117 cm³/mol. The molecule has 0 fully saturated rings. The Morgan fingerprint density at radius 2 is 1.46 bits per heavy atom. The fourth-order valence-corrected chi connectivity index (χ4v) is 3.10. The smallest absolute Gasteiger partial charge is 0.410 e. The van der Waals surface area contributed by atoms with Gasteiger partial charge in [0.15, 0.2) is 0 Å². The predicted octanol–water partition coefficient (Wildman–Crippen LogP) is 6.13. The normalized spacial score (nSPS) is 10.8. The summed E-state index contributed by atoms with van der Waals surface area (Å²) in [7, 11) is 0. The van der Waals surface area contributed by atoms with Crippen LogP contribution in [0.2, 0.25) is 0 Å². The fourth-order valence-electron chi connectivity index (χ4n) is 3.10. The van der Waals surface area contributed by atoms with Crippen molar-refractivity contribution in [1.29, 1.82) is 0 Å². The summed E-state index contributed by atoms with van der Waals surface area (Å²) in [4.78, 5) is 14.5. The summed E-state index contributed by atoms with van der Waals surface area (Å²) in [5.74, 6) is 0.560. The Kier molecular flexibility index (Phi) is 10.2. The van der Waals surface area contributed by atoms with Crippen LogP contribution in [0.4, 0.5) is 10.5 Å². The molecular weight excluding hydrogens is 348 g/mol. The lowest BCUT2D eigenvalue weighted by molar-refractivity contribution is 0.215. The molecule has 4 nitrogen and oxygen atoms in total. The summed E-state index contributed by atoms with van der Waals surface area (Å²) in [6.45, 7) is 8.07. The molecule has 152 valence electrons. The number of benzene rings is 2. The summed E-state index contributed by atoms with van der Waals surface area (Å²) >= 11 is 0. The number of anilines is 1. The third kappa shape index (κ3) is 8.57. The van der Waals surface area contributed by atoms with E-state index in [1.165, 1.54) is 44.3 Å². The Labute approximate surface area is 169 Å². The van der Waals surface area contributed by atoms with E-state index in [0.717, 1.165) is 25.1 Å². The standard InChI is InChI=1S/C24H34N2O2/c1-3-5-18-26(19-6-4-2)20-10-11-21-14-16-23(17-15-21)28-24(27)25-22-12-8-7-9-13-22/h7-9,12-17H,3-6,10-11,18-20H2,1-2H3,(H,25,27). The zero-order valence-corrected chi connectivity index (χ0v) is 17.3. The Morgan fingerprint density at radius 3 is 2.07 bits per heavy atom. The van der Waals surface area contributed by atoms with Crippen LogP contribution in [-0.2, 0) is 6.42 Å². The molecule has 2 rings (SSSR count). The number of nitrogens with one attached hydrogen (secondary N) is 1. The maximum atomic E-state index is 11.9. The molecule has 1 amide bonds. The minimum atomic E-state index is -0.471. The van der Waals surface area contributed by atoms with Crippen LogP contribution in [0.15, 0.2) is 54.6 Å². The van der Waals surface area contributed by atoms with Crippen molar-refractivity contribution in [3.8, 4) is 5.75 Å². The molecule has 0 bridgehead atoms. The number of carbonyl (C=O) groups is 1. The highest BCUT2D eigenvalue weighted by molar-refractivity contribution is 5.86. The molecule has 0 saturated carbocycles. The van der Waals surface area contributed by atoms with Gasteiger partial charge in [0.25, 0.3) is 0 Å². The van der Waals surface area contributed by atoms with E-state index in [4.69, 9.17) is 4.74 Å². The number of rotatable bonds is 12. The first-order chi connectivity index (χ1) is 13.7. The summed E-state index contributed by atoms with van der Waals surface area (Å²) in [5.41, 5.74) is 2.00. The van der Waals surface area contributed by atoms with E-state index in [1.807, 2.05) is 54.6 Å². The van der Waals surface area contributed by atoms with Crippen molar-refractivity contribution in [1.82, 2.24) is 4.90 Å². The third-order valence-electron chi connectivity index (χ3n) is 4.75. The van der Waals surface area contributed by atoms with Gasteiger partial charge >= 0.3 is 6.09 Å². The molecule has 4 heteroatoms. The Bertz CT molecular complexity index is 663. The molecule has 0 aromatic heterocycles. The van der Waals surface area contributed by atoms with Crippen LogP contribution in [0.3, 0.4) is 0 Å².